The predicted molar refractivity (Wildman–Crippen MR) is 84.4 cm³/mol. The zero-order chi connectivity index (χ0) is 15.4. The highest BCUT2D eigenvalue weighted by molar-refractivity contribution is 6.30. The molecule has 0 aliphatic carbocycles. The Labute approximate surface area is 129 Å². The van der Waals surface area contributed by atoms with Crippen molar-refractivity contribution < 1.29 is 9.13 Å². The van der Waals surface area contributed by atoms with Crippen LogP contribution in [0.4, 0.5) is 4.39 Å². The van der Waals surface area contributed by atoms with E-state index in [0.717, 1.165) is 11.1 Å². The molecule has 2 rings (SSSR count). The van der Waals surface area contributed by atoms with E-state index in [0.29, 0.717) is 17.2 Å². The minimum absolute atomic E-state index is 0.173. The van der Waals surface area contributed by atoms with Crippen LogP contribution in [0.5, 0.6) is 5.75 Å². The first-order valence-electron chi connectivity index (χ1n) is 6.88. The van der Waals surface area contributed by atoms with Crippen LogP contribution in [-0.4, -0.2) is 12.1 Å². The Bertz CT molecular complexity index is 617. The Morgan fingerprint density at radius 1 is 1.24 bits per heavy atom. The van der Waals surface area contributed by atoms with E-state index >= 15 is 0 Å². The largest absolute Gasteiger partial charge is 0.489 e. The second kappa shape index (κ2) is 6.92. The molecule has 2 aromatic carbocycles. The number of nitrogens with two attached hydrogens (primary N) is 1. The molecule has 4 heteroatoms. The van der Waals surface area contributed by atoms with Gasteiger partial charge in [-0.05, 0) is 61.7 Å². The highest BCUT2D eigenvalue weighted by Crippen LogP contribution is 2.20. The quantitative estimate of drug-likeness (QED) is 0.901. The lowest BCUT2D eigenvalue weighted by Gasteiger charge is -2.22. The normalized spacial score (nSPS) is 13.8. The summed E-state index contributed by atoms with van der Waals surface area (Å²) in [6, 6.07) is 11.8. The molecule has 2 unspecified atom stereocenters. The summed E-state index contributed by atoms with van der Waals surface area (Å²) in [6.45, 7) is 3.80. The number of hydrogen-bond acceptors (Lipinski definition) is 2. The van der Waals surface area contributed by atoms with Crippen LogP contribution in [0.25, 0.3) is 0 Å². The molecular weight excluding hydrogens is 289 g/mol. The van der Waals surface area contributed by atoms with Gasteiger partial charge in [0.15, 0.2) is 0 Å². The first-order chi connectivity index (χ1) is 9.95. The summed E-state index contributed by atoms with van der Waals surface area (Å²) in [7, 11) is 0. The van der Waals surface area contributed by atoms with Gasteiger partial charge in [0.05, 0.1) is 0 Å². The summed E-state index contributed by atoms with van der Waals surface area (Å²) < 4.78 is 18.9. The van der Waals surface area contributed by atoms with Crippen molar-refractivity contribution in [2.45, 2.75) is 32.4 Å². The molecule has 0 bridgehead atoms. The Morgan fingerprint density at radius 2 is 2.00 bits per heavy atom. The fourth-order valence-corrected chi connectivity index (χ4v) is 2.33. The van der Waals surface area contributed by atoms with Gasteiger partial charge in [-0.2, -0.15) is 0 Å². The number of rotatable bonds is 5. The van der Waals surface area contributed by atoms with E-state index in [1.54, 1.807) is 18.2 Å². The third-order valence-electron chi connectivity index (χ3n) is 3.48. The van der Waals surface area contributed by atoms with E-state index < -0.39 is 0 Å². The van der Waals surface area contributed by atoms with Crippen LogP contribution in [0.2, 0.25) is 5.02 Å². The fraction of sp³-hybridized carbons (Fsp3) is 0.294. The van der Waals surface area contributed by atoms with Gasteiger partial charge in [-0.15, -0.1) is 0 Å². The molecule has 0 spiro atoms. The van der Waals surface area contributed by atoms with Crippen molar-refractivity contribution in [3.63, 3.8) is 0 Å². The summed E-state index contributed by atoms with van der Waals surface area (Å²) >= 11 is 5.93. The number of aryl methyl sites for hydroxylation is 1. The second-order valence-electron chi connectivity index (χ2n) is 5.22. The van der Waals surface area contributed by atoms with Crippen LogP contribution in [0.1, 0.15) is 18.1 Å². The topological polar surface area (TPSA) is 35.2 Å². The van der Waals surface area contributed by atoms with Gasteiger partial charge >= 0.3 is 0 Å². The summed E-state index contributed by atoms with van der Waals surface area (Å²) in [4.78, 5) is 0. The fourth-order valence-electron chi connectivity index (χ4n) is 2.15. The predicted octanol–water partition coefficient (Wildman–Crippen LogP) is 4.12. The van der Waals surface area contributed by atoms with E-state index in [1.807, 2.05) is 26.0 Å². The van der Waals surface area contributed by atoms with Gasteiger partial charge < -0.3 is 10.5 Å². The lowest BCUT2D eigenvalue weighted by atomic mass is 9.99. The van der Waals surface area contributed by atoms with E-state index in [-0.39, 0.29) is 18.0 Å². The van der Waals surface area contributed by atoms with Crippen molar-refractivity contribution in [3.05, 3.63) is 64.4 Å². The van der Waals surface area contributed by atoms with E-state index in [9.17, 15) is 4.39 Å². The maximum atomic E-state index is 13.1. The SMILES string of the molecule is Cc1cc(F)ccc1CC(N)C(C)Oc1cccc(Cl)c1. The molecule has 0 saturated heterocycles. The zero-order valence-corrected chi connectivity index (χ0v) is 12.9. The van der Waals surface area contributed by atoms with Crippen molar-refractivity contribution in [3.8, 4) is 5.75 Å². The lowest BCUT2D eigenvalue weighted by molar-refractivity contribution is 0.189. The molecule has 21 heavy (non-hydrogen) atoms. The molecule has 2 nitrogen and oxygen atoms in total. The maximum absolute atomic E-state index is 13.1. The average molecular weight is 308 g/mol. The molecule has 2 N–H and O–H groups in total. The van der Waals surface area contributed by atoms with Gasteiger partial charge in [0.2, 0.25) is 0 Å². The van der Waals surface area contributed by atoms with Crippen LogP contribution < -0.4 is 10.5 Å². The average Bonchev–Trinajstić information content (AvgIpc) is 2.41. The number of ether oxygens (including phenoxy) is 1. The Morgan fingerprint density at radius 3 is 2.67 bits per heavy atom. The highest BCUT2D eigenvalue weighted by atomic mass is 35.5. The van der Waals surface area contributed by atoms with Crippen LogP contribution in [0.15, 0.2) is 42.5 Å². The van der Waals surface area contributed by atoms with E-state index in [4.69, 9.17) is 22.1 Å². The molecule has 0 amide bonds. The molecule has 0 fully saturated rings. The van der Waals surface area contributed by atoms with Gasteiger partial charge in [0.1, 0.15) is 17.7 Å². The van der Waals surface area contributed by atoms with Gasteiger partial charge in [-0.1, -0.05) is 23.7 Å². The Kier molecular flexibility index (Phi) is 5.21. The molecule has 0 aliphatic rings. The second-order valence-corrected chi connectivity index (χ2v) is 5.66. The van der Waals surface area contributed by atoms with Crippen molar-refractivity contribution in [1.82, 2.24) is 0 Å². The van der Waals surface area contributed by atoms with E-state index in [2.05, 4.69) is 0 Å². The van der Waals surface area contributed by atoms with Crippen molar-refractivity contribution in [1.29, 1.82) is 0 Å². The van der Waals surface area contributed by atoms with Crippen LogP contribution in [0, 0.1) is 12.7 Å². The van der Waals surface area contributed by atoms with Gasteiger partial charge in [0, 0.05) is 11.1 Å². The zero-order valence-electron chi connectivity index (χ0n) is 12.1. The van der Waals surface area contributed by atoms with Crippen molar-refractivity contribution in [2.75, 3.05) is 0 Å². The summed E-state index contributed by atoms with van der Waals surface area (Å²) in [6.07, 6.45) is 0.460. The molecule has 0 aromatic heterocycles. The third-order valence-corrected chi connectivity index (χ3v) is 3.72. The van der Waals surface area contributed by atoms with Crippen LogP contribution >= 0.6 is 11.6 Å². The molecular formula is C17H19ClFNO. The Balaban J connectivity index is 2.00. The molecule has 2 aromatic rings. The first kappa shape index (κ1) is 15.8. The Hall–Kier alpha value is -1.58. The van der Waals surface area contributed by atoms with Crippen LogP contribution in [0.3, 0.4) is 0 Å². The highest BCUT2D eigenvalue weighted by Gasteiger charge is 2.16. The number of benzene rings is 2. The standard InChI is InChI=1S/C17H19ClFNO/c1-11-8-15(19)7-6-13(11)9-17(20)12(2)21-16-5-3-4-14(18)10-16/h3-8,10,12,17H,9,20H2,1-2H3. The van der Waals surface area contributed by atoms with Crippen molar-refractivity contribution >= 4 is 11.6 Å². The van der Waals surface area contributed by atoms with E-state index in [1.165, 1.54) is 12.1 Å². The smallest absolute Gasteiger partial charge is 0.123 e. The molecule has 112 valence electrons. The minimum atomic E-state index is -0.229. The molecule has 0 saturated carbocycles. The van der Waals surface area contributed by atoms with Gasteiger partial charge in [-0.25, -0.2) is 4.39 Å². The molecule has 2 atom stereocenters. The van der Waals surface area contributed by atoms with Crippen LogP contribution in [-0.2, 0) is 6.42 Å². The van der Waals surface area contributed by atoms with Crippen molar-refractivity contribution in [2.24, 2.45) is 5.73 Å². The molecule has 0 radical (unpaired) electrons. The first-order valence-corrected chi connectivity index (χ1v) is 7.26. The third kappa shape index (κ3) is 4.45. The van der Waals surface area contributed by atoms with Gasteiger partial charge in [0.25, 0.3) is 0 Å². The summed E-state index contributed by atoms with van der Waals surface area (Å²) in [5.41, 5.74) is 8.13. The monoisotopic (exact) mass is 307 g/mol. The summed E-state index contributed by atoms with van der Waals surface area (Å²) in [5, 5.41) is 0.627. The maximum Gasteiger partial charge on any atom is 0.123 e. The van der Waals surface area contributed by atoms with Gasteiger partial charge in [-0.3, -0.25) is 0 Å². The summed E-state index contributed by atoms with van der Waals surface area (Å²) in [5.74, 6) is 0.467. The number of halogens is 2. The minimum Gasteiger partial charge on any atom is -0.489 e. The molecule has 0 aliphatic heterocycles. The lowest BCUT2D eigenvalue weighted by Crippen LogP contribution is -2.38. The molecule has 0 heterocycles. The number of hydrogen-bond donors (Lipinski definition) is 1.